The average molecular weight is 324 g/mol. The Hall–Kier alpha value is -2.46. The molecule has 7 heteroatoms. The molecule has 1 saturated carbocycles. The van der Waals surface area contributed by atoms with Crippen LogP contribution in [0, 0.1) is 17.2 Å². The van der Waals surface area contributed by atoms with Gasteiger partial charge >= 0.3 is 0 Å². The van der Waals surface area contributed by atoms with Crippen LogP contribution in [0.3, 0.4) is 0 Å². The third kappa shape index (κ3) is 3.54. The fourth-order valence-electron chi connectivity index (χ4n) is 3.05. The Morgan fingerprint density at radius 2 is 2.21 bits per heavy atom. The predicted octanol–water partition coefficient (Wildman–Crippen LogP) is 2.15. The van der Waals surface area contributed by atoms with Crippen LogP contribution in [0.15, 0.2) is 22.7 Å². The highest BCUT2D eigenvalue weighted by atomic mass is 16.4. The van der Waals surface area contributed by atoms with E-state index in [9.17, 15) is 0 Å². The lowest BCUT2D eigenvalue weighted by molar-refractivity contribution is 0.278. The first-order valence-electron chi connectivity index (χ1n) is 8.45. The van der Waals surface area contributed by atoms with Crippen molar-refractivity contribution in [2.75, 3.05) is 25.0 Å². The van der Waals surface area contributed by atoms with Crippen LogP contribution in [0.25, 0.3) is 0 Å². The molecule has 2 aliphatic rings. The maximum atomic E-state index is 8.78. The van der Waals surface area contributed by atoms with E-state index in [1.807, 2.05) is 6.07 Å². The minimum absolute atomic E-state index is 0.515. The van der Waals surface area contributed by atoms with Crippen molar-refractivity contribution in [3.05, 3.63) is 35.7 Å². The third-order valence-corrected chi connectivity index (χ3v) is 4.60. The molecule has 124 valence electrons. The number of rotatable bonds is 6. The van der Waals surface area contributed by atoms with E-state index in [4.69, 9.17) is 9.68 Å². The molecule has 0 radical (unpaired) electrons. The quantitative estimate of drug-likeness (QED) is 0.870. The summed E-state index contributed by atoms with van der Waals surface area (Å²) in [6.07, 6.45) is 5.11. The van der Waals surface area contributed by atoms with Gasteiger partial charge in [0, 0.05) is 25.2 Å². The lowest BCUT2D eigenvalue weighted by Crippen LogP contribution is -2.23. The molecule has 0 aromatic carbocycles. The van der Waals surface area contributed by atoms with Crippen molar-refractivity contribution in [2.24, 2.45) is 5.92 Å². The van der Waals surface area contributed by atoms with Crippen LogP contribution in [0.5, 0.6) is 0 Å². The van der Waals surface area contributed by atoms with Gasteiger partial charge in [-0.3, -0.25) is 4.90 Å². The van der Waals surface area contributed by atoms with Gasteiger partial charge < -0.3 is 9.73 Å². The first-order chi connectivity index (χ1) is 11.8. The van der Waals surface area contributed by atoms with E-state index in [0.717, 1.165) is 50.2 Å². The zero-order valence-electron chi connectivity index (χ0n) is 13.5. The van der Waals surface area contributed by atoms with Crippen molar-refractivity contribution in [1.82, 2.24) is 20.1 Å². The van der Waals surface area contributed by atoms with Crippen molar-refractivity contribution >= 4 is 5.82 Å². The topological polar surface area (TPSA) is 90.9 Å². The molecule has 1 aliphatic carbocycles. The molecule has 7 nitrogen and oxygen atoms in total. The molecule has 1 atom stereocenters. The normalized spacial score (nSPS) is 20.9. The molecule has 0 spiro atoms. The number of anilines is 1. The molecule has 24 heavy (non-hydrogen) atoms. The van der Waals surface area contributed by atoms with Crippen molar-refractivity contribution in [3.8, 4) is 6.07 Å². The standard InChI is InChI=1S/C17H20N6O/c18-7-12-1-4-15(19-8-12)20-9-13-5-6-23(10-13)11-16-21-22-17(24-16)14-2-3-14/h1,4,8,13-14H,2-3,5-6,9-11H2,(H,19,20)/t13-/m1/s1. The van der Waals surface area contributed by atoms with Gasteiger partial charge in [0.25, 0.3) is 0 Å². The summed E-state index contributed by atoms with van der Waals surface area (Å²) in [6, 6.07) is 5.71. The fourth-order valence-corrected chi connectivity index (χ4v) is 3.05. The maximum absolute atomic E-state index is 8.78. The van der Waals surface area contributed by atoms with Gasteiger partial charge in [0.2, 0.25) is 11.8 Å². The van der Waals surface area contributed by atoms with Crippen molar-refractivity contribution in [3.63, 3.8) is 0 Å². The van der Waals surface area contributed by atoms with E-state index in [-0.39, 0.29) is 0 Å². The Kier molecular flexibility index (Phi) is 4.13. The number of nitrogens with one attached hydrogen (secondary N) is 1. The summed E-state index contributed by atoms with van der Waals surface area (Å²) in [5.41, 5.74) is 0.581. The summed E-state index contributed by atoms with van der Waals surface area (Å²) in [6.45, 7) is 3.69. The molecule has 1 aliphatic heterocycles. The third-order valence-electron chi connectivity index (χ3n) is 4.60. The van der Waals surface area contributed by atoms with E-state index in [1.165, 1.54) is 12.8 Å². The molecule has 0 amide bonds. The largest absolute Gasteiger partial charge is 0.424 e. The van der Waals surface area contributed by atoms with Gasteiger partial charge in [-0.25, -0.2) is 4.98 Å². The molecule has 0 unspecified atom stereocenters. The molecule has 2 fully saturated rings. The number of hydrogen-bond donors (Lipinski definition) is 1. The molecule has 3 heterocycles. The Labute approximate surface area is 140 Å². The highest BCUT2D eigenvalue weighted by molar-refractivity contribution is 5.38. The van der Waals surface area contributed by atoms with Crippen molar-refractivity contribution in [1.29, 1.82) is 5.26 Å². The number of hydrogen-bond acceptors (Lipinski definition) is 7. The van der Waals surface area contributed by atoms with Crippen LogP contribution in [-0.2, 0) is 6.54 Å². The Balaban J connectivity index is 1.24. The predicted molar refractivity (Wildman–Crippen MR) is 87.1 cm³/mol. The second-order valence-electron chi connectivity index (χ2n) is 6.62. The first kappa shape index (κ1) is 15.1. The van der Waals surface area contributed by atoms with Gasteiger partial charge in [0.05, 0.1) is 12.1 Å². The molecule has 1 N–H and O–H groups in total. The highest BCUT2D eigenvalue weighted by Gasteiger charge is 2.30. The van der Waals surface area contributed by atoms with Gasteiger partial charge in [0.1, 0.15) is 11.9 Å². The summed E-state index contributed by atoms with van der Waals surface area (Å²) >= 11 is 0. The van der Waals surface area contributed by atoms with Crippen molar-refractivity contribution in [2.45, 2.75) is 31.7 Å². The van der Waals surface area contributed by atoms with Crippen LogP contribution >= 0.6 is 0 Å². The minimum atomic E-state index is 0.515. The number of aromatic nitrogens is 3. The lowest BCUT2D eigenvalue weighted by atomic mass is 10.1. The molecular formula is C17H20N6O. The number of nitriles is 1. The lowest BCUT2D eigenvalue weighted by Gasteiger charge is -2.14. The van der Waals surface area contributed by atoms with Gasteiger partial charge in [0.15, 0.2) is 0 Å². The second kappa shape index (κ2) is 6.57. The molecule has 0 bridgehead atoms. The van der Waals surface area contributed by atoms with Gasteiger partial charge in [-0.15, -0.1) is 10.2 Å². The Morgan fingerprint density at radius 3 is 2.96 bits per heavy atom. The summed E-state index contributed by atoms with van der Waals surface area (Å²) in [4.78, 5) is 6.61. The van der Waals surface area contributed by atoms with Crippen molar-refractivity contribution < 1.29 is 4.42 Å². The summed E-state index contributed by atoms with van der Waals surface area (Å²) < 4.78 is 5.74. The summed E-state index contributed by atoms with van der Waals surface area (Å²) in [7, 11) is 0. The van der Waals surface area contributed by atoms with Crippen LogP contribution in [0.2, 0.25) is 0 Å². The van der Waals surface area contributed by atoms with Crippen LogP contribution in [0.4, 0.5) is 5.82 Å². The smallest absolute Gasteiger partial charge is 0.230 e. The molecular weight excluding hydrogens is 304 g/mol. The van der Waals surface area contributed by atoms with Crippen LogP contribution in [0.1, 0.15) is 42.5 Å². The zero-order chi connectivity index (χ0) is 16.4. The molecule has 1 saturated heterocycles. The minimum Gasteiger partial charge on any atom is -0.424 e. The Morgan fingerprint density at radius 1 is 1.29 bits per heavy atom. The fraction of sp³-hybridized carbons (Fsp3) is 0.529. The van der Waals surface area contributed by atoms with Gasteiger partial charge in [-0.1, -0.05) is 0 Å². The zero-order valence-corrected chi connectivity index (χ0v) is 13.5. The number of likely N-dealkylation sites (tertiary alicyclic amines) is 1. The SMILES string of the molecule is N#Cc1ccc(NC[C@H]2CCN(Cc3nnc(C4CC4)o3)C2)nc1. The monoisotopic (exact) mass is 324 g/mol. The van der Waals surface area contributed by atoms with E-state index >= 15 is 0 Å². The summed E-state index contributed by atoms with van der Waals surface area (Å²) in [5.74, 6) is 3.46. The van der Waals surface area contributed by atoms with E-state index in [1.54, 1.807) is 12.3 Å². The van der Waals surface area contributed by atoms with Gasteiger partial charge in [-0.05, 0) is 43.9 Å². The first-order valence-corrected chi connectivity index (χ1v) is 8.45. The maximum Gasteiger partial charge on any atom is 0.230 e. The highest BCUT2D eigenvalue weighted by Crippen LogP contribution is 2.39. The Bertz CT molecular complexity index is 730. The molecule has 2 aromatic heterocycles. The second-order valence-corrected chi connectivity index (χ2v) is 6.62. The molecule has 2 aromatic rings. The number of nitrogens with zero attached hydrogens (tertiary/aromatic N) is 5. The molecule has 4 rings (SSSR count). The van der Waals surface area contributed by atoms with E-state index in [0.29, 0.717) is 17.4 Å². The van der Waals surface area contributed by atoms with E-state index < -0.39 is 0 Å². The van der Waals surface area contributed by atoms with Crippen LogP contribution < -0.4 is 5.32 Å². The van der Waals surface area contributed by atoms with Crippen LogP contribution in [-0.4, -0.2) is 39.7 Å². The number of pyridine rings is 1. The van der Waals surface area contributed by atoms with E-state index in [2.05, 4.69) is 31.5 Å². The summed E-state index contributed by atoms with van der Waals surface area (Å²) in [5, 5.41) is 20.4. The van der Waals surface area contributed by atoms with Gasteiger partial charge in [-0.2, -0.15) is 5.26 Å². The average Bonchev–Trinajstić information content (AvgIpc) is 3.20.